The Morgan fingerprint density at radius 1 is 0.815 bits per heavy atom. The first-order chi connectivity index (χ1) is 12.8. The molecule has 0 aliphatic carbocycles. The zero-order valence-corrected chi connectivity index (χ0v) is 18.3. The average molecular weight is 505 g/mol. The van der Waals surface area contributed by atoms with Crippen LogP contribution in [0.1, 0.15) is 20.7 Å². The zero-order valence-electron chi connectivity index (χ0n) is 15.2. The molecule has 0 unspecified atom stereocenters. The SMILES string of the molecule is COC(=O)c1cc(Br)c(N)c(OC)c1.COC(=O)c1cc(Br)cc(OC)c1. The number of rotatable bonds is 4. The first-order valence-electron chi connectivity index (χ1n) is 7.41. The molecule has 9 heteroatoms. The van der Waals surface area contributed by atoms with E-state index in [0.29, 0.717) is 32.8 Å². The second-order valence-electron chi connectivity index (χ2n) is 4.94. The maximum Gasteiger partial charge on any atom is 0.338 e. The molecule has 0 aromatic heterocycles. The molecule has 0 saturated heterocycles. The van der Waals surface area contributed by atoms with Crippen LogP contribution in [0.2, 0.25) is 0 Å². The van der Waals surface area contributed by atoms with Crippen LogP contribution in [-0.4, -0.2) is 40.4 Å². The lowest BCUT2D eigenvalue weighted by Gasteiger charge is -2.08. The highest BCUT2D eigenvalue weighted by Crippen LogP contribution is 2.31. The summed E-state index contributed by atoms with van der Waals surface area (Å²) in [7, 11) is 5.69. The predicted molar refractivity (Wildman–Crippen MR) is 108 cm³/mol. The predicted octanol–water partition coefficient (Wildman–Crippen LogP) is 4.07. The molecule has 146 valence electrons. The summed E-state index contributed by atoms with van der Waals surface area (Å²) in [5, 5.41) is 0. The lowest BCUT2D eigenvalue weighted by Crippen LogP contribution is -2.03. The van der Waals surface area contributed by atoms with Crippen molar-refractivity contribution < 1.29 is 28.5 Å². The molecule has 2 N–H and O–H groups in total. The van der Waals surface area contributed by atoms with Crippen molar-refractivity contribution >= 4 is 49.5 Å². The molecule has 27 heavy (non-hydrogen) atoms. The Bertz CT molecular complexity index is 826. The fourth-order valence-corrected chi connectivity index (χ4v) is 2.83. The number of esters is 2. The molecule has 0 spiro atoms. The van der Waals surface area contributed by atoms with E-state index in [1.807, 2.05) is 0 Å². The van der Waals surface area contributed by atoms with Crippen LogP contribution < -0.4 is 15.2 Å². The molecule has 0 atom stereocenters. The number of methoxy groups -OCH3 is 4. The van der Waals surface area contributed by atoms with Gasteiger partial charge in [-0.25, -0.2) is 9.59 Å². The molecule has 7 nitrogen and oxygen atoms in total. The minimum atomic E-state index is -0.427. The molecule has 2 aromatic carbocycles. The Morgan fingerprint density at radius 2 is 1.37 bits per heavy atom. The Morgan fingerprint density at radius 3 is 1.85 bits per heavy atom. The fraction of sp³-hybridized carbons (Fsp3) is 0.222. The van der Waals surface area contributed by atoms with E-state index in [4.69, 9.17) is 15.2 Å². The van der Waals surface area contributed by atoms with E-state index in [1.54, 1.807) is 31.4 Å². The third kappa shape index (κ3) is 6.44. The summed E-state index contributed by atoms with van der Waals surface area (Å²) in [4.78, 5) is 22.3. The Labute approximate surface area is 174 Å². The van der Waals surface area contributed by atoms with Crippen molar-refractivity contribution in [2.24, 2.45) is 0 Å². The number of hydrogen-bond donors (Lipinski definition) is 1. The number of nitrogen functional groups attached to an aromatic ring is 1. The molecule has 0 saturated carbocycles. The standard InChI is InChI=1S/C9H10BrNO3.C9H9BrO3/c1-13-7-4-5(9(12)14-2)3-6(10)8(7)11;1-12-8-4-6(9(11)13-2)3-7(10)5-8/h3-4H,11H2,1-2H3;3-5H,1-2H3. The maximum atomic E-state index is 11.2. The summed E-state index contributed by atoms with van der Waals surface area (Å²) in [6.07, 6.45) is 0. The molecule has 2 rings (SSSR count). The normalized spacial score (nSPS) is 9.56. The Kier molecular flexibility index (Phi) is 9.10. The van der Waals surface area contributed by atoms with E-state index in [2.05, 4.69) is 41.3 Å². The Balaban J connectivity index is 0.000000271. The van der Waals surface area contributed by atoms with Crippen LogP contribution in [0.15, 0.2) is 39.3 Å². The van der Waals surface area contributed by atoms with Crippen LogP contribution in [0.5, 0.6) is 11.5 Å². The molecular formula is C18H19Br2NO6. The van der Waals surface area contributed by atoms with Crippen molar-refractivity contribution in [1.82, 2.24) is 0 Å². The van der Waals surface area contributed by atoms with Gasteiger partial charge in [0.1, 0.15) is 11.5 Å². The molecule has 0 aliphatic rings. The minimum Gasteiger partial charge on any atom is -0.497 e. The van der Waals surface area contributed by atoms with Gasteiger partial charge in [-0.3, -0.25) is 0 Å². The lowest BCUT2D eigenvalue weighted by molar-refractivity contribution is 0.0591. The van der Waals surface area contributed by atoms with Crippen LogP contribution in [0.4, 0.5) is 5.69 Å². The van der Waals surface area contributed by atoms with Gasteiger partial charge in [-0.2, -0.15) is 0 Å². The highest BCUT2D eigenvalue weighted by molar-refractivity contribution is 9.10. The third-order valence-corrected chi connectivity index (χ3v) is 4.37. The average Bonchev–Trinajstić information content (AvgIpc) is 2.68. The third-order valence-electron chi connectivity index (χ3n) is 3.26. The topological polar surface area (TPSA) is 97.1 Å². The van der Waals surface area contributed by atoms with E-state index in [-0.39, 0.29) is 5.97 Å². The first-order valence-corrected chi connectivity index (χ1v) is 9.00. The first kappa shape index (κ1) is 22.8. The molecule has 0 aliphatic heterocycles. The van der Waals surface area contributed by atoms with Crippen molar-refractivity contribution in [2.45, 2.75) is 0 Å². The van der Waals surface area contributed by atoms with Gasteiger partial charge in [-0.1, -0.05) is 15.9 Å². The summed E-state index contributed by atoms with van der Waals surface area (Å²) < 4.78 is 20.5. The van der Waals surface area contributed by atoms with Gasteiger partial charge in [0.25, 0.3) is 0 Å². The molecule has 0 bridgehead atoms. The number of nitrogens with two attached hydrogens (primary N) is 1. The maximum absolute atomic E-state index is 11.2. The number of ether oxygens (including phenoxy) is 4. The van der Waals surface area contributed by atoms with Crippen molar-refractivity contribution in [3.63, 3.8) is 0 Å². The fourth-order valence-electron chi connectivity index (χ4n) is 1.91. The van der Waals surface area contributed by atoms with Crippen molar-refractivity contribution in [2.75, 3.05) is 34.2 Å². The quantitative estimate of drug-likeness (QED) is 0.495. The molecule has 2 aromatic rings. The summed E-state index contributed by atoms with van der Waals surface area (Å²) in [5.41, 5.74) is 7.00. The number of halogens is 2. The molecule has 0 radical (unpaired) electrons. The number of hydrogen-bond acceptors (Lipinski definition) is 7. The van der Waals surface area contributed by atoms with Crippen LogP contribution in [0, 0.1) is 0 Å². The van der Waals surface area contributed by atoms with Gasteiger partial charge < -0.3 is 24.7 Å². The summed E-state index contributed by atoms with van der Waals surface area (Å²) in [6.45, 7) is 0. The van der Waals surface area contributed by atoms with Gasteiger partial charge in [0, 0.05) is 8.95 Å². The number of carbonyl (C=O) groups excluding carboxylic acids is 2. The van der Waals surface area contributed by atoms with Crippen LogP contribution in [0.3, 0.4) is 0 Å². The second kappa shape index (κ2) is 10.8. The number of carbonyl (C=O) groups is 2. The number of anilines is 1. The van der Waals surface area contributed by atoms with Crippen LogP contribution in [0.25, 0.3) is 0 Å². The monoisotopic (exact) mass is 503 g/mol. The molecular weight excluding hydrogens is 486 g/mol. The van der Waals surface area contributed by atoms with Gasteiger partial charge in [0.2, 0.25) is 0 Å². The van der Waals surface area contributed by atoms with Crippen LogP contribution >= 0.6 is 31.9 Å². The molecule has 0 fully saturated rings. The highest BCUT2D eigenvalue weighted by atomic mass is 79.9. The van der Waals surface area contributed by atoms with Gasteiger partial charge >= 0.3 is 11.9 Å². The summed E-state index contributed by atoms with van der Waals surface area (Å²) >= 11 is 6.49. The number of benzene rings is 2. The van der Waals surface area contributed by atoms with E-state index >= 15 is 0 Å². The summed E-state index contributed by atoms with van der Waals surface area (Å²) in [5.74, 6) is 0.262. The van der Waals surface area contributed by atoms with E-state index < -0.39 is 5.97 Å². The zero-order chi connectivity index (χ0) is 20.6. The van der Waals surface area contributed by atoms with Gasteiger partial charge in [-0.15, -0.1) is 0 Å². The molecule has 0 heterocycles. The Hall–Kier alpha value is -2.26. The van der Waals surface area contributed by atoms with Crippen LogP contribution in [-0.2, 0) is 9.47 Å². The van der Waals surface area contributed by atoms with Crippen molar-refractivity contribution in [3.05, 3.63) is 50.4 Å². The van der Waals surface area contributed by atoms with Gasteiger partial charge in [0.15, 0.2) is 0 Å². The molecule has 0 amide bonds. The largest absolute Gasteiger partial charge is 0.497 e. The second-order valence-corrected chi connectivity index (χ2v) is 6.71. The van der Waals surface area contributed by atoms with E-state index in [0.717, 1.165) is 4.47 Å². The highest BCUT2D eigenvalue weighted by Gasteiger charge is 2.12. The van der Waals surface area contributed by atoms with Crippen molar-refractivity contribution in [1.29, 1.82) is 0 Å². The van der Waals surface area contributed by atoms with Gasteiger partial charge in [0.05, 0.1) is 45.3 Å². The van der Waals surface area contributed by atoms with Gasteiger partial charge in [-0.05, 0) is 46.3 Å². The van der Waals surface area contributed by atoms with Crippen molar-refractivity contribution in [3.8, 4) is 11.5 Å². The minimum absolute atomic E-state index is 0.375. The lowest BCUT2D eigenvalue weighted by atomic mass is 10.2. The smallest absolute Gasteiger partial charge is 0.338 e. The van der Waals surface area contributed by atoms with E-state index in [9.17, 15) is 9.59 Å². The van der Waals surface area contributed by atoms with E-state index in [1.165, 1.54) is 27.4 Å². The summed E-state index contributed by atoms with van der Waals surface area (Å²) in [6, 6.07) is 8.19.